The molecule has 0 saturated carbocycles. The van der Waals surface area contributed by atoms with Gasteiger partial charge in [-0.05, 0) is 47.5 Å². The van der Waals surface area contributed by atoms with Crippen LogP contribution < -0.4 is 0 Å². The molecule has 0 amide bonds. The summed E-state index contributed by atoms with van der Waals surface area (Å²) in [7, 11) is -5.87. The average Bonchev–Trinajstić information content (AvgIpc) is 3.56. The van der Waals surface area contributed by atoms with E-state index in [2.05, 4.69) is 29.4 Å². The molecule has 17 heteroatoms. The third-order valence-corrected chi connectivity index (χ3v) is 5.50. The number of hydrogen-bond acceptors (Lipinski definition) is 7. The van der Waals surface area contributed by atoms with Gasteiger partial charge in [-0.15, -0.1) is 0 Å². The van der Waals surface area contributed by atoms with Gasteiger partial charge in [0, 0.05) is 55.7 Å². The molecule has 0 atom stereocenters. The van der Waals surface area contributed by atoms with Gasteiger partial charge in [-0.2, -0.15) is 31.8 Å². The summed E-state index contributed by atoms with van der Waals surface area (Å²) in [6.45, 7) is -2.14. The van der Waals surface area contributed by atoms with Crippen molar-refractivity contribution in [3.8, 4) is 0 Å². The lowest BCUT2D eigenvalue weighted by atomic mass is 10.1. The molecule has 0 bridgehead atoms. The summed E-state index contributed by atoms with van der Waals surface area (Å²) < 4.78 is 105. The highest BCUT2D eigenvalue weighted by molar-refractivity contribution is 7.87. The first-order chi connectivity index (χ1) is 18.9. The molecule has 0 unspecified atom stereocenters. The minimum atomic E-state index is -5.87. The van der Waals surface area contributed by atoms with E-state index in [0.29, 0.717) is 6.42 Å². The number of H-pyrrole nitrogens is 1. The molecular formula is C23H23F7N6O3S. The van der Waals surface area contributed by atoms with E-state index in [4.69, 9.17) is 0 Å². The van der Waals surface area contributed by atoms with Crippen LogP contribution in [0.3, 0.4) is 0 Å². The number of rotatable bonds is 9. The molecule has 0 spiro atoms. The fourth-order valence-electron chi connectivity index (χ4n) is 2.76. The maximum atomic E-state index is 12.1. The highest BCUT2D eigenvalue weighted by atomic mass is 32.2. The molecule has 0 fully saturated rings. The van der Waals surface area contributed by atoms with Crippen molar-refractivity contribution < 1.29 is 43.3 Å². The minimum Gasteiger partial charge on any atom is -0.282 e. The zero-order valence-electron chi connectivity index (χ0n) is 20.4. The lowest BCUT2D eigenvalue weighted by Crippen LogP contribution is -2.27. The molecule has 4 heterocycles. The first kappa shape index (κ1) is 32.4. The molecule has 0 saturated heterocycles. The third kappa shape index (κ3) is 12.3. The van der Waals surface area contributed by atoms with Crippen molar-refractivity contribution in [3.05, 3.63) is 96.1 Å². The Balaban J connectivity index is 0.000000214. The van der Waals surface area contributed by atoms with Crippen LogP contribution in [0.1, 0.15) is 22.5 Å². The summed E-state index contributed by atoms with van der Waals surface area (Å²) in [4.78, 5) is 7.86. The van der Waals surface area contributed by atoms with Gasteiger partial charge < -0.3 is 0 Å². The Kier molecular flexibility index (Phi) is 12.7. The molecule has 218 valence electrons. The smallest absolute Gasteiger partial charge is 0.282 e. The van der Waals surface area contributed by atoms with Crippen LogP contribution >= 0.6 is 0 Å². The van der Waals surface area contributed by atoms with Crippen molar-refractivity contribution in [1.29, 1.82) is 0 Å². The van der Waals surface area contributed by atoms with Crippen molar-refractivity contribution in [2.24, 2.45) is 0 Å². The van der Waals surface area contributed by atoms with Crippen LogP contribution in [0.5, 0.6) is 0 Å². The second-order valence-corrected chi connectivity index (χ2v) is 9.25. The summed E-state index contributed by atoms with van der Waals surface area (Å²) in [5, 5.41) is 10.9. The van der Waals surface area contributed by atoms with E-state index < -0.39 is 35.1 Å². The Morgan fingerprint density at radius 3 is 1.88 bits per heavy atom. The zero-order valence-corrected chi connectivity index (χ0v) is 21.2. The molecule has 0 aliphatic heterocycles. The van der Waals surface area contributed by atoms with E-state index in [1.807, 2.05) is 30.3 Å². The average molecular weight is 597 g/mol. The summed E-state index contributed by atoms with van der Waals surface area (Å²) in [5.41, 5.74) is -1.43. The molecule has 4 aromatic rings. The van der Waals surface area contributed by atoms with Crippen LogP contribution in [0, 0.1) is 0 Å². The van der Waals surface area contributed by atoms with Crippen molar-refractivity contribution in [2.45, 2.75) is 37.7 Å². The number of hydrogen-bond donors (Lipinski definition) is 1. The van der Waals surface area contributed by atoms with Gasteiger partial charge in [0.15, 0.2) is 0 Å². The number of pyridine rings is 2. The maximum Gasteiger partial charge on any atom is 0.523 e. The molecule has 4 rings (SSSR count). The Hall–Kier alpha value is -3.86. The molecule has 0 aliphatic rings. The molecular weight excluding hydrogens is 573 g/mol. The first-order valence-corrected chi connectivity index (χ1v) is 12.6. The van der Waals surface area contributed by atoms with Gasteiger partial charge in [-0.1, -0.05) is 0 Å². The van der Waals surface area contributed by atoms with Crippen LogP contribution in [0.2, 0.25) is 0 Å². The van der Waals surface area contributed by atoms with Crippen molar-refractivity contribution in [3.63, 3.8) is 0 Å². The Morgan fingerprint density at radius 1 is 0.825 bits per heavy atom. The van der Waals surface area contributed by atoms with Crippen LogP contribution in [0.15, 0.2) is 73.6 Å². The Bertz CT molecular complexity index is 1340. The number of alkyl halides is 7. The Labute approximate surface area is 224 Å². The molecule has 1 N–H and O–H groups in total. The highest BCUT2D eigenvalue weighted by Crippen LogP contribution is 2.24. The van der Waals surface area contributed by atoms with Crippen molar-refractivity contribution in [1.82, 2.24) is 29.9 Å². The topological polar surface area (TPSA) is 116 Å². The summed E-state index contributed by atoms with van der Waals surface area (Å²) >= 11 is 0. The van der Waals surface area contributed by atoms with Gasteiger partial charge in [0.05, 0.1) is 5.69 Å². The van der Waals surface area contributed by atoms with E-state index in [1.165, 1.54) is 10.2 Å². The highest BCUT2D eigenvalue weighted by Gasteiger charge is 2.47. The van der Waals surface area contributed by atoms with E-state index >= 15 is 0 Å². The van der Waals surface area contributed by atoms with E-state index in [9.17, 15) is 39.2 Å². The van der Waals surface area contributed by atoms with Crippen LogP contribution in [-0.4, -0.2) is 63.3 Å². The maximum absolute atomic E-state index is 12.1. The summed E-state index contributed by atoms with van der Waals surface area (Å²) in [6, 6.07) is 11.5. The lowest BCUT2D eigenvalue weighted by Gasteiger charge is -2.06. The van der Waals surface area contributed by atoms with Gasteiger partial charge in [-0.3, -0.25) is 23.9 Å². The normalized spacial score (nSPS) is 11.5. The van der Waals surface area contributed by atoms with E-state index in [-0.39, 0.29) is 6.54 Å². The quantitative estimate of drug-likeness (QED) is 0.170. The van der Waals surface area contributed by atoms with Crippen molar-refractivity contribution in [2.75, 3.05) is 6.61 Å². The Morgan fingerprint density at radius 2 is 1.40 bits per heavy atom. The number of nitrogens with zero attached hydrogens (tertiary/aromatic N) is 5. The molecule has 0 aliphatic carbocycles. The third-order valence-electron chi connectivity index (χ3n) is 4.49. The zero-order chi connectivity index (χ0) is 29.6. The number of nitrogens with one attached hydrogen (secondary N) is 1. The predicted octanol–water partition coefficient (Wildman–Crippen LogP) is 4.65. The van der Waals surface area contributed by atoms with Crippen molar-refractivity contribution >= 4 is 10.1 Å². The van der Waals surface area contributed by atoms with E-state index in [0.717, 1.165) is 23.4 Å². The number of aromatic nitrogens is 6. The van der Waals surface area contributed by atoms with Gasteiger partial charge in [0.1, 0.15) is 13.2 Å². The van der Waals surface area contributed by atoms with Gasteiger partial charge >= 0.3 is 15.6 Å². The molecule has 4 aromatic heterocycles. The van der Waals surface area contributed by atoms with Gasteiger partial charge in [0.2, 0.25) is 0 Å². The minimum absolute atomic E-state index is 0.351. The summed E-state index contributed by atoms with van der Waals surface area (Å²) in [5.74, 6) is 0. The van der Waals surface area contributed by atoms with E-state index in [1.54, 1.807) is 43.2 Å². The van der Waals surface area contributed by atoms with Crippen LogP contribution in [0.4, 0.5) is 30.7 Å². The number of aromatic amines is 1. The fraction of sp³-hybridized carbons (Fsp3) is 0.304. The molecule has 9 nitrogen and oxygen atoms in total. The second-order valence-electron chi connectivity index (χ2n) is 7.64. The first-order valence-electron chi connectivity index (χ1n) is 11.2. The monoisotopic (exact) mass is 596 g/mol. The fourth-order valence-corrected chi connectivity index (χ4v) is 3.18. The van der Waals surface area contributed by atoms with Gasteiger partial charge in [0.25, 0.3) is 12.9 Å². The van der Waals surface area contributed by atoms with Crippen LogP contribution in [-0.2, 0) is 33.7 Å². The largest absolute Gasteiger partial charge is 0.523 e. The standard InChI is InChI=1S/C11H11F2N3.C9H9N3.C3H3F5O3S/c12-11(13)8-16-6-3-10(15-16)7-9-1-4-14-5-2-9;1-4-10-5-2-8(1)7-9-3-6-11-12-9;4-2(5)1-11-12(9,10)3(6,7)8/h1-6,11H,7-8H2;1-6H,7H2,(H,11,12);2H,1H2. The molecule has 0 radical (unpaired) electrons. The van der Waals surface area contributed by atoms with Gasteiger partial charge in [-0.25, -0.2) is 17.6 Å². The van der Waals surface area contributed by atoms with Crippen LogP contribution in [0.25, 0.3) is 0 Å². The lowest BCUT2D eigenvalue weighted by molar-refractivity contribution is -0.0572. The molecule has 40 heavy (non-hydrogen) atoms. The second kappa shape index (κ2) is 15.7. The SMILES string of the molecule is FC(F)Cn1ccc(Cc2ccncc2)n1.O=S(=O)(OCC(F)F)C(F)(F)F.c1cc(Cc2ccn[nH]2)ccn1. The predicted molar refractivity (Wildman–Crippen MR) is 128 cm³/mol. The molecule has 0 aromatic carbocycles. The number of halogens is 7. The summed E-state index contributed by atoms with van der Waals surface area (Å²) in [6.07, 6.45) is 6.23.